The number of ether oxygens (including phenoxy) is 2. The number of nitrogens with zero attached hydrogens (tertiary/aromatic N) is 3. The van der Waals surface area contributed by atoms with E-state index in [9.17, 15) is 9.36 Å². The zero-order chi connectivity index (χ0) is 30.8. The molecule has 0 radical (unpaired) electrons. The van der Waals surface area contributed by atoms with Crippen LogP contribution in [0.4, 0.5) is 17.3 Å². The van der Waals surface area contributed by atoms with Crippen molar-refractivity contribution in [2.45, 2.75) is 26.2 Å². The van der Waals surface area contributed by atoms with E-state index in [2.05, 4.69) is 43.5 Å². The molecule has 12 nitrogen and oxygen atoms in total. The van der Waals surface area contributed by atoms with E-state index >= 15 is 0 Å². The van der Waals surface area contributed by atoms with Gasteiger partial charge in [-0.25, -0.2) is 19.1 Å². The van der Waals surface area contributed by atoms with Gasteiger partial charge >= 0.3 is 7.82 Å². The molecule has 1 aliphatic rings. The van der Waals surface area contributed by atoms with Gasteiger partial charge in [-0.1, -0.05) is 37.2 Å². The summed E-state index contributed by atoms with van der Waals surface area (Å²) >= 11 is 6.42. The highest BCUT2D eigenvalue weighted by Gasteiger charge is 2.17. The predicted octanol–water partition coefficient (Wildman–Crippen LogP) is 5.61. The number of phosphoric acid groups is 1. The summed E-state index contributed by atoms with van der Waals surface area (Å²) < 4.78 is 27.0. The summed E-state index contributed by atoms with van der Waals surface area (Å²) in [4.78, 5) is 41.0. The van der Waals surface area contributed by atoms with Crippen LogP contribution in [0.3, 0.4) is 0 Å². The molecule has 4 rings (SSSR count). The minimum absolute atomic E-state index is 0.252. The minimum atomic E-state index is -4.70. The van der Waals surface area contributed by atoms with Crippen molar-refractivity contribution in [2.24, 2.45) is 5.92 Å². The second kappa shape index (κ2) is 15.3. The average molecular weight is 632 g/mol. The summed E-state index contributed by atoms with van der Waals surface area (Å²) in [5.41, 5.74) is 2.25. The first-order chi connectivity index (χ1) is 20.6. The lowest BCUT2D eigenvalue weighted by Crippen LogP contribution is -2.34. The number of hydrogen-bond donors (Lipinski definition) is 4. The number of piperidine rings is 1. The van der Waals surface area contributed by atoms with Gasteiger partial charge in [-0.2, -0.15) is 0 Å². The van der Waals surface area contributed by atoms with Crippen LogP contribution >= 0.6 is 19.4 Å². The Balaban J connectivity index is 1.48. The molecule has 1 saturated heterocycles. The van der Waals surface area contributed by atoms with E-state index in [1.807, 2.05) is 6.07 Å². The quantitative estimate of drug-likeness (QED) is 0.0759. The van der Waals surface area contributed by atoms with Gasteiger partial charge in [-0.05, 0) is 68.6 Å². The van der Waals surface area contributed by atoms with Crippen molar-refractivity contribution in [1.29, 1.82) is 0 Å². The first-order valence-corrected chi connectivity index (χ1v) is 15.7. The summed E-state index contributed by atoms with van der Waals surface area (Å²) in [6.07, 6.45) is 5.83. The molecule has 14 heteroatoms. The van der Waals surface area contributed by atoms with Crippen LogP contribution in [0.5, 0.6) is 11.5 Å². The lowest BCUT2D eigenvalue weighted by atomic mass is 9.99. The second-order valence-electron chi connectivity index (χ2n) is 10.1. The third kappa shape index (κ3) is 10.3. The van der Waals surface area contributed by atoms with Crippen molar-refractivity contribution in [1.82, 2.24) is 14.9 Å². The minimum Gasteiger partial charge on any atom is -0.490 e. The van der Waals surface area contributed by atoms with Crippen LogP contribution in [0, 0.1) is 5.92 Å². The van der Waals surface area contributed by atoms with Gasteiger partial charge in [0.2, 0.25) is 18.6 Å². The number of carbonyl (C=O) groups excluding carboxylic acids is 1. The Labute approximate surface area is 255 Å². The first-order valence-electron chi connectivity index (χ1n) is 13.7. The number of benzene rings is 2. The molecular weight excluding hydrogens is 597 g/mol. The van der Waals surface area contributed by atoms with E-state index in [0.29, 0.717) is 40.0 Å². The van der Waals surface area contributed by atoms with Crippen LogP contribution in [0.2, 0.25) is 5.02 Å². The molecule has 0 saturated carbocycles. The molecule has 1 fully saturated rings. The number of rotatable bonds is 14. The van der Waals surface area contributed by atoms with E-state index in [4.69, 9.17) is 30.9 Å². The number of phosphoric ester groups is 1. The molecule has 1 amide bonds. The summed E-state index contributed by atoms with van der Waals surface area (Å²) in [6, 6.07) is 12.0. The first kappa shape index (κ1) is 32.4. The molecule has 0 bridgehead atoms. The molecule has 2 aromatic carbocycles. The number of amides is 1. The monoisotopic (exact) mass is 631 g/mol. The molecule has 230 valence electrons. The van der Waals surface area contributed by atoms with Gasteiger partial charge in [0, 0.05) is 29.5 Å². The fraction of sp³-hybridized carbons (Fsp3) is 0.345. The highest BCUT2D eigenvalue weighted by molar-refractivity contribution is 7.46. The molecule has 43 heavy (non-hydrogen) atoms. The fourth-order valence-electron chi connectivity index (χ4n) is 4.43. The molecule has 0 atom stereocenters. The Hall–Kier alpha value is -3.51. The number of hydrogen-bond acceptors (Lipinski definition) is 9. The summed E-state index contributed by atoms with van der Waals surface area (Å²) in [5, 5.41) is 6.16. The second-order valence-corrected chi connectivity index (χ2v) is 11.7. The zero-order valence-electron chi connectivity index (χ0n) is 23.7. The van der Waals surface area contributed by atoms with Crippen LogP contribution < -0.4 is 20.1 Å². The number of anilines is 3. The molecule has 2 heterocycles. The van der Waals surface area contributed by atoms with Crippen LogP contribution in [0.25, 0.3) is 11.3 Å². The summed E-state index contributed by atoms with van der Waals surface area (Å²) in [5.74, 6) is 1.28. The number of nitrogens with one attached hydrogen (secondary N) is 2. The number of carbonyl (C=O) groups is 1. The fourth-order valence-corrected chi connectivity index (χ4v) is 4.82. The smallest absolute Gasteiger partial charge is 0.472 e. The van der Waals surface area contributed by atoms with Crippen molar-refractivity contribution in [3.05, 3.63) is 66.3 Å². The normalized spacial score (nSPS) is 14.2. The predicted molar refractivity (Wildman–Crippen MR) is 165 cm³/mol. The molecule has 1 aromatic heterocycles. The van der Waals surface area contributed by atoms with Crippen LogP contribution in [0.1, 0.15) is 26.2 Å². The lowest BCUT2D eigenvalue weighted by molar-refractivity contribution is -0.111. The van der Waals surface area contributed by atoms with Gasteiger partial charge in [-0.3, -0.25) is 4.79 Å². The van der Waals surface area contributed by atoms with Crippen molar-refractivity contribution >= 4 is 42.7 Å². The van der Waals surface area contributed by atoms with E-state index < -0.39 is 14.6 Å². The van der Waals surface area contributed by atoms with Gasteiger partial charge in [0.05, 0.1) is 23.5 Å². The van der Waals surface area contributed by atoms with Gasteiger partial charge in [0.1, 0.15) is 0 Å². The Morgan fingerprint density at radius 3 is 2.70 bits per heavy atom. The molecule has 0 spiro atoms. The highest BCUT2D eigenvalue weighted by atomic mass is 35.5. The SMILES string of the molecule is C=CC(=O)Nc1cccc(-c2nc(Nc3ccc(OCOP(=O)(O)O)c(OCCCN4CCC(C)CC4)c3)ncc2Cl)c1. The van der Waals surface area contributed by atoms with Crippen molar-refractivity contribution in [3.63, 3.8) is 0 Å². The Kier molecular flexibility index (Phi) is 11.5. The van der Waals surface area contributed by atoms with Crippen molar-refractivity contribution < 1.29 is 33.1 Å². The van der Waals surface area contributed by atoms with Crippen LogP contribution in [0.15, 0.2) is 61.3 Å². The Morgan fingerprint density at radius 2 is 1.95 bits per heavy atom. The zero-order valence-corrected chi connectivity index (χ0v) is 25.4. The van der Waals surface area contributed by atoms with Gasteiger partial charge in [0.15, 0.2) is 11.5 Å². The summed E-state index contributed by atoms with van der Waals surface area (Å²) in [7, 11) is -4.70. The maximum atomic E-state index is 11.7. The van der Waals surface area contributed by atoms with E-state index in [1.165, 1.54) is 25.1 Å². The van der Waals surface area contributed by atoms with Gasteiger partial charge in [0.25, 0.3) is 0 Å². The Bertz CT molecular complexity index is 1460. The molecule has 3 aromatic rings. The summed E-state index contributed by atoms with van der Waals surface area (Å²) in [6.45, 7) is 8.54. The van der Waals surface area contributed by atoms with Crippen molar-refractivity contribution in [3.8, 4) is 22.8 Å². The third-order valence-electron chi connectivity index (χ3n) is 6.72. The Morgan fingerprint density at radius 1 is 1.16 bits per heavy atom. The van der Waals surface area contributed by atoms with E-state index in [-0.39, 0.29) is 17.6 Å². The number of halogens is 1. The van der Waals surface area contributed by atoms with Gasteiger partial charge in [-0.15, -0.1) is 0 Å². The standard InChI is InChI=1S/C29H35ClN5O7P/c1-3-27(36)32-22-7-4-6-21(16-22)28-24(30)18-31-29(34-28)33-23-8-9-25(41-19-42-43(37,38)39)26(17-23)40-15-5-12-35-13-10-20(2)11-14-35/h3-4,6-9,16-18,20H,1,5,10-15,19H2,2H3,(H,32,36)(H,31,33,34)(H2,37,38,39). The van der Waals surface area contributed by atoms with E-state index in [1.54, 1.807) is 36.4 Å². The maximum Gasteiger partial charge on any atom is 0.472 e. The lowest BCUT2D eigenvalue weighted by Gasteiger charge is -2.30. The largest absolute Gasteiger partial charge is 0.490 e. The van der Waals surface area contributed by atoms with Crippen LogP contribution in [-0.4, -0.2) is 63.6 Å². The molecular formula is C29H35ClN5O7P. The number of aromatic nitrogens is 2. The number of likely N-dealkylation sites (tertiary alicyclic amines) is 1. The molecule has 1 aliphatic heterocycles. The third-order valence-corrected chi connectivity index (χ3v) is 7.44. The van der Waals surface area contributed by atoms with Gasteiger partial charge < -0.3 is 34.8 Å². The van der Waals surface area contributed by atoms with E-state index in [0.717, 1.165) is 32.0 Å². The van der Waals surface area contributed by atoms with Crippen molar-refractivity contribution in [2.75, 3.05) is 43.7 Å². The maximum absolute atomic E-state index is 11.7. The van der Waals surface area contributed by atoms with Crippen LogP contribution in [-0.2, 0) is 13.9 Å². The topological polar surface area (TPSA) is 155 Å². The highest BCUT2D eigenvalue weighted by Crippen LogP contribution is 2.37. The average Bonchev–Trinajstić information content (AvgIpc) is 2.97. The molecule has 0 aliphatic carbocycles. The molecule has 4 N–H and O–H groups in total. The molecule has 0 unspecified atom stereocenters.